The van der Waals surface area contributed by atoms with Crippen LogP contribution in [-0.4, -0.2) is 40.5 Å². The van der Waals surface area contributed by atoms with Crippen LogP contribution in [0.4, 0.5) is 0 Å². The first-order valence-electron chi connectivity index (χ1n) is 8.22. The average molecular weight is 299 g/mol. The van der Waals surface area contributed by atoms with Gasteiger partial charge < -0.3 is 4.74 Å². The third-order valence-electron chi connectivity index (χ3n) is 4.24. The normalized spacial score (nSPS) is 19.4. The van der Waals surface area contributed by atoms with E-state index in [4.69, 9.17) is 4.74 Å². The Labute approximate surface area is 132 Å². The molecule has 0 spiro atoms. The highest BCUT2D eigenvalue weighted by Gasteiger charge is 2.20. The summed E-state index contributed by atoms with van der Waals surface area (Å²) in [6.07, 6.45) is 6.66. The zero-order valence-corrected chi connectivity index (χ0v) is 13.3. The fourth-order valence-corrected chi connectivity index (χ4v) is 2.99. The Morgan fingerprint density at radius 3 is 2.86 bits per heavy atom. The van der Waals surface area contributed by atoms with Gasteiger partial charge in [0.15, 0.2) is 0 Å². The molecule has 1 saturated heterocycles. The fraction of sp³-hybridized carbons (Fsp3) is 0.500. The van der Waals surface area contributed by atoms with E-state index in [0.29, 0.717) is 6.10 Å². The van der Waals surface area contributed by atoms with Gasteiger partial charge in [-0.25, -0.2) is 0 Å². The van der Waals surface area contributed by atoms with Crippen LogP contribution in [0, 0.1) is 0 Å². The minimum Gasteiger partial charge on any atom is -0.376 e. The Morgan fingerprint density at radius 1 is 1.23 bits per heavy atom. The van der Waals surface area contributed by atoms with Gasteiger partial charge in [-0.3, -0.25) is 9.58 Å². The lowest BCUT2D eigenvalue weighted by Gasteiger charge is -2.32. The van der Waals surface area contributed by atoms with Gasteiger partial charge in [-0.2, -0.15) is 5.10 Å². The third-order valence-corrected chi connectivity index (χ3v) is 4.24. The van der Waals surface area contributed by atoms with Crippen molar-refractivity contribution in [3.05, 3.63) is 53.9 Å². The molecule has 1 aliphatic rings. The van der Waals surface area contributed by atoms with Crippen molar-refractivity contribution in [3.63, 3.8) is 0 Å². The van der Waals surface area contributed by atoms with Gasteiger partial charge in [0.2, 0.25) is 0 Å². The second-order valence-electron chi connectivity index (χ2n) is 5.96. The number of morpholine rings is 1. The highest BCUT2D eigenvalue weighted by atomic mass is 16.5. The highest BCUT2D eigenvalue weighted by Crippen LogP contribution is 2.14. The van der Waals surface area contributed by atoms with Crippen molar-refractivity contribution in [1.29, 1.82) is 0 Å². The fourth-order valence-electron chi connectivity index (χ4n) is 2.99. The SMILES string of the molecule is CCn1cc(CN2CCOC(CCc3ccccc3)C2)cn1. The van der Waals surface area contributed by atoms with Crippen LogP contribution in [0.1, 0.15) is 24.5 Å². The molecule has 3 rings (SSSR count). The predicted molar refractivity (Wildman–Crippen MR) is 87.7 cm³/mol. The van der Waals surface area contributed by atoms with E-state index >= 15 is 0 Å². The Balaban J connectivity index is 1.48. The van der Waals surface area contributed by atoms with E-state index in [1.165, 1.54) is 11.1 Å². The summed E-state index contributed by atoms with van der Waals surface area (Å²) in [5, 5.41) is 4.35. The van der Waals surface area contributed by atoms with Gasteiger partial charge in [0.1, 0.15) is 0 Å². The average Bonchev–Trinajstić information content (AvgIpc) is 3.02. The van der Waals surface area contributed by atoms with E-state index in [0.717, 1.165) is 45.6 Å². The summed E-state index contributed by atoms with van der Waals surface area (Å²) in [4.78, 5) is 2.48. The van der Waals surface area contributed by atoms with Gasteiger partial charge in [-0.15, -0.1) is 0 Å². The largest absolute Gasteiger partial charge is 0.376 e. The smallest absolute Gasteiger partial charge is 0.0705 e. The van der Waals surface area contributed by atoms with E-state index in [-0.39, 0.29) is 0 Å². The Morgan fingerprint density at radius 2 is 2.09 bits per heavy atom. The molecule has 0 N–H and O–H groups in total. The lowest BCUT2D eigenvalue weighted by Crippen LogP contribution is -2.42. The van der Waals surface area contributed by atoms with Crippen LogP contribution in [0.15, 0.2) is 42.7 Å². The molecule has 1 fully saturated rings. The minimum absolute atomic E-state index is 0.343. The van der Waals surface area contributed by atoms with Gasteiger partial charge in [0, 0.05) is 37.9 Å². The van der Waals surface area contributed by atoms with Crippen LogP contribution in [0.3, 0.4) is 0 Å². The van der Waals surface area contributed by atoms with Crippen molar-refractivity contribution in [2.75, 3.05) is 19.7 Å². The molecule has 0 radical (unpaired) electrons. The Kier molecular flexibility index (Phi) is 5.24. The quantitative estimate of drug-likeness (QED) is 0.821. The molecule has 0 amide bonds. The molecule has 2 aromatic rings. The number of rotatable bonds is 6. The summed E-state index contributed by atoms with van der Waals surface area (Å²) < 4.78 is 7.92. The third kappa shape index (κ3) is 4.18. The summed E-state index contributed by atoms with van der Waals surface area (Å²) in [5.74, 6) is 0. The molecule has 1 aromatic carbocycles. The summed E-state index contributed by atoms with van der Waals surface area (Å²) in [6, 6.07) is 10.7. The van der Waals surface area contributed by atoms with Gasteiger partial charge >= 0.3 is 0 Å². The molecule has 1 unspecified atom stereocenters. The molecule has 1 aliphatic heterocycles. The van der Waals surface area contributed by atoms with E-state index in [9.17, 15) is 0 Å². The number of aromatic nitrogens is 2. The van der Waals surface area contributed by atoms with Crippen molar-refractivity contribution >= 4 is 0 Å². The molecule has 118 valence electrons. The summed E-state index contributed by atoms with van der Waals surface area (Å²) in [5.41, 5.74) is 2.69. The Hall–Kier alpha value is -1.65. The van der Waals surface area contributed by atoms with Crippen molar-refractivity contribution in [2.45, 2.75) is 39.0 Å². The molecule has 1 atom stereocenters. The molecule has 1 aromatic heterocycles. The summed E-state index contributed by atoms with van der Waals surface area (Å²) >= 11 is 0. The lowest BCUT2D eigenvalue weighted by molar-refractivity contribution is -0.0345. The molecule has 0 saturated carbocycles. The summed E-state index contributed by atoms with van der Waals surface area (Å²) in [6.45, 7) is 6.89. The van der Waals surface area contributed by atoms with Crippen molar-refractivity contribution in [2.24, 2.45) is 0 Å². The van der Waals surface area contributed by atoms with Crippen LogP contribution in [0.5, 0.6) is 0 Å². The molecule has 2 heterocycles. The molecular formula is C18H25N3O. The maximum Gasteiger partial charge on any atom is 0.0705 e. The van der Waals surface area contributed by atoms with Gasteiger partial charge in [-0.1, -0.05) is 30.3 Å². The first-order valence-corrected chi connectivity index (χ1v) is 8.22. The summed E-state index contributed by atoms with van der Waals surface area (Å²) in [7, 11) is 0. The molecular weight excluding hydrogens is 274 g/mol. The maximum absolute atomic E-state index is 5.93. The number of hydrogen-bond acceptors (Lipinski definition) is 3. The molecule has 0 bridgehead atoms. The monoisotopic (exact) mass is 299 g/mol. The molecule has 0 aliphatic carbocycles. The van der Waals surface area contributed by atoms with Gasteiger partial charge in [-0.05, 0) is 25.3 Å². The number of ether oxygens (including phenoxy) is 1. The van der Waals surface area contributed by atoms with Crippen LogP contribution >= 0.6 is 0 Å². The van der Waals surface area contributed by atoms with Gasteiger partial charge in [0.25, 0.3) is 0 Å². The maximum atomic E-state index is 5.93. The standard InChI is InChI=1S/C18H25N3O/c1-2-21-14-17(12-19-21)13-20-10-11-22-18(15-20)9-8-16-6-4-3-5-7-16/h3-7,12,14,18H,2,8-11,13,15H2,1H3. The zero-order chi connectivity index (χ0) is 15.2. The minimum atomic E-state index is 0.343. The highest BCUT2D eigenvalue weighted by molar-refractivity contribution is 5.14. The van der Waals surface area contributed by atoms with Crippen LogP contribution in [0.2, 0.25) is 0 Å². The van der Waals surface area contributed by atoms with Crippen LogP contribution in [0.25, 0.3) is 0 Å². The molecule has 4 nitrogen and oxygen atoms in total. The Bertz CT molecular complexity index is 567. The lowest BCUT2D eigenvalue weighted by atomic mass is 10.1. The van der Waals surface area contributed by atoms with E-state index in [2.05, 4.69) is 53.5 Å². The first kappa shape index (κ1) is 15.3. The number of hydrogen-bond donors (Lipinski definition) is 0. The predicted octanol–water partition coefficient (Wildman–Crippen LogP) is 2.74. The van der Waals surface area contributed by atoms with Gasteiger partial charge in [0.05, 0.1) is 18.9 Å². The molecule has 22 heavy (non-hydrogen) atoms. The number of aryl methyl sites for hydroxylation is 2. The zero-order valence-electron chi connectivity index (χ0n) is 13.3. The first-order chi connectivity index (χ1) is 10.8. The van der Waals surface area contributed by atoms with Crippen molar-refractivity contribution in [3.8, 4) is 0 Å². The number of benzene rings is 1. The van der Waals surface area contributed by atoms with E-state index in [1.807, 2.05) is 10.9 Å². The van der Waals surface area contributed by atoms with Crippen LogP contribution < -0.4 is 0 Å². The molecule has 4 heteroatoms. The second-order valence-corrected chi connectivity index (χ2v) is 5.96. The second kappa shape index (κ2) is 7.56. The topological polar surface area (TPSA) is 30.3 Å². The van der Waals surface area contributed by atoms with Crippen LogP contribution in [-0.2, 0) is 24.2 Å². The van der Waals surface area contributed by atoms with Crippen molar-refractivity contribution < 1.29 is 4.74 Å². The van der Waals surface area contributed by atoms with Crippen molar-refractivity contribution in [1.82, 2.24) is 14.7 Å². The van der Waals surface area contributed by atoms with E-state index in [1.54, 1.807) is 0 Å². The van der Waals surface area contributed by atoms with E-state index < -0.39 is 0 Å². The number of nitrogens with zero attached hydrogens (tertiary/aromatic N) is 3.